The molecular weight excluding hydrogens is 541 g/mol. The van der Waals surface area contributed by atoms with Crippen LogP contribution in [0.15, 0.2) is 48.8 Å². The molecule has 212 valence electrons. The Morgan fingerprint density at radius 3 is 2.05 bits per heavy atom. The van der Waals surface area contributed by atoms with Crippen LogP contribution >= 0.6 is 0 Å². The maximum absolute atomic E-state index is 14.4. The van der Waals surface area contributed by atoms with Gasteiger partial charge >= 0.3 is 12.4 Å². The number of aryl methyl sites for hydroxylation is 2. The summed E-state index contributed by atoms with van der Waals surface area (Å²) in [5.74, 6) is -1.35. The molecular formula is C28H25F7N4O. The van der Waals surface area contributed by atoms with Crippen molar-refractivity contribution in [1.82, 2.24) is 14.8 Å². The molecule has 0 unspecified atom stereocenters. The molecule has 2 heterocycles. The fourth-order valence-corrected chi connectivity index (χ4v) is 4.62. The number of hydrogen-bond acceptors (Lipinski definition) is 3. The van der Waals surface area contributed by atoms with Gasteiger partial charge in [-0.2, -0.15) is 31.4 Å². The topological polar surface area (TPSA) is 51.0 Å². The van der Waals surface area contributed by atoms with Crippen LogP contribution in [0.25, 0.3) is 22.2 Å². The number of fused-ring (bicyclic) bond motifs is 1. The lowest BCUT2D eigenvalue weighted by atomic mass is 9.81. The van der Waals surface area contributed by atoms with Crippen molar-refractivity contribution in [3.63, 3.8) is 0 Å². The SMILES string of the molecule is CCn1ncc2c(-c3cc(F)ccc3C)c(N(C)C(=O)C(C)(C)c3cc(C(F)(F)F)cc(C(F)(F)F)c3)cnc21. The number of aromatic nitrogens is 3. The Morgan fingerprint density at radius 1 is 0.925 bits per heavy atom. The molecule has 0 N–H and O–H groups in total. The van der Waals surface area contributed by atoms with Crippen molar-refractivity contribution in [3.8, 4) is 11.1 Å². The van der Waals surface area contributed by atoms with Crippen LogP contribution < -0.4 is 4.90 Å². The fourth-order valence-electron chi connectivity index (χ4n) is 4.62. The molecule has 0 spiro atoms. The third-order valence-corrected chi connectivity index (χ3v) is 6.92. The van der Waals surface area contributed by atoms with Crippen LogP contribution in [0, 0.1) is 12.7 Å². The number of nitrogens with zero attached hydrogens (tertiary/aromatic N) is 4. The first-order chi connectivity index (χ1) is 18.5. The van der Waals surface area contributed by atoms with Crippen LogP contribution in [0.3, 0.4) is 0 Å². The van der Waals surface area contributed by atoms with E-state index in [0.29, 0.717) is 46.4 Å². The molecule has 2 aromatic carbocycles. The van der Waals surface area contributed by atoms with E-state index in [9.17, 15) is 35.5 Å². The van der Waals surface area contributed by atoms with E-state index >= 15 is 0 Å². The van der Waals surface area contributed by atoms with Crippen LogP contribution in [0.1, 0.15) is 43.0 Å². The molecule has 4 rings (SSSR count). The number of pyridine rings is 1. The predicted molar refractivity (Wildman–Crippen MR) is 136 cm³/mol. The zero-order valence-corrected chi connectivity index (χ0v) is 22.2. The Balaban J connectivity index is 1.91. The van der Waals surface area contributed by atoms with Gasteiger partial charge in [0.15, 0.2) is 5.65 Å². The van der Waals surface area contributed by atoms with E-state index in [1.54, 1.807) is 17.7 Å². The number of alkyl halides is 6. The number of amides is 1. The van der Waals surface area contributed by atoms with Crippen molar-refractivity contribution >= 4 is 22.6 Å². The van der Waals surface area contributed by atoms with Gasteiger partial charge in [-0.05, 0) is 74.7 Å². The Kier molecular flexibility index (Phi) is 7.19. The summed E-state index contributed by atoms with van der Waals surface area (Å²) < 4.78 is 97.2. The van der Waals surface area contributed by atoms with Gasteiger partial charge in [0.05, 0.1) is 34.6 Å². The second-order valence-electron chi connectivity index (χ2n) is 9.96. The summed E-state index contributed by atoms with van der Waals surface area (Å²) in [5, 5.41) is 4.79. The zero-order valence-electron chi connectivity index (χ0n) is 22.2. The smallest absolute Gasteiger partial charge is 0.313 e. The molecule has 0 atom stereocenters. The molecule has 0 radical (unpaired) electrons. The summed E-state index contributed by atoms with van der Waals surface area (Å²) in [6, 6.07) is 5.22. The molecule has 0 saturated carbocycles. The lowest BCUT2D eigenvalue weighted by molar-refractivity contribution is -0.143. The first-order valence-corrected chi connectivity index (χ1v) is 12.2. The molecule has 0 aliphatic heterocycles. The van der Waals surface area contributed by atoms with Gasteiger partial charge in [0.1, 0.15) is 5.82 Å². The standard InChI is InChI=1S/C28H25F7N4O/c1-6-39-24-21(13-37-39)23(20-12-19(29)8-7-15(20)2)22(14-36-24)38(5)25(40)26(3,4)16-9-17(27(30,31)32)11-18(10-16)28(33,34)35/h7-14H,6H2,1-5H3. The molecule has 0 aliphatic carbocycles. The van der Waals surface area contributed by atoms with Gasteiger partial charge in [-0.15, -0.1) is 0 Å². The van der Waals surface area contributed by atoms with Gasteiger partial charge < -0.3 is 4.90 Å². The quantitative estimate of drug-likeness (QED) is 0.235. The molecule has 2 aromatic heterocycles. The number of hydrogen-bond donors (Lipinski definition) is 0. The monoisotopic (exact) mass is 566 g/mol. The Bertz CT molecular complexity index is 1570. The zero-order chi connectivity index (χ0) is 29.8. The highest BCUT2D eigenvalue weighted by Gasteiger charge is 2.41. The van der Waals surface area contributed by atoms with Crippen molar-refractivity contribution in [1.29, 1.82) is 0 Å². The summed E-state index contributed by atoms with van der Waals surface area (Å²) in [6.07, 6.45) is -7.27. The Morgan fingerprint density at radius 2 is 1.50 bits per heavy atom. The minimum atomic E-state index is -5.07. The maximum atomic E-state index is 14.4. The van der Waals surface area contributed by atoms with Crippen LogP contribution in [0.2, 0.25) is 0 Å². The summed E-state index contributed by atoms with van der Waals surface area (Å²) in [7, 11) is 1.34. The van der Waals surface area contributed by atoms with Gasteiger partial charge in [0.25, 0.3) is 0 Å². The Hall–Kier alpha value is -3.96. The van der Waals surface area contributed by atoms with Crippen molar-refractivity contribution in [2.45, 2.75) is 52.0 Å². The number of rotatable bonds is 5. The number of halogens is 7. The van der Waals surface area contributed by atoms with E-state index in [4.69, 9.17) is 0 Å². The van der Waals surface area contributed by atoms with E-state index < -0.39 is 46.2 Å². The maximum Gasteiger partial charge on any atom is 0.416 e. The van der Waals surface area contributed by atoms with Gasteiger partial charge in [0.2, 0.25) is 5.91 Å². The number of likely N-dealkylation sites (N-methyl/N-ethyl adjacent to an activating group) is 1. The molecule has 40 heavy (non-hydrogen) atoms. The highest BCUT2D eigenvalue weighted by Crippen LogP contribution is 2.42. The molecule has 4 aromatic rings. The van der Waals surface area contributed by atoms with Crippen LogP contribution in [0.4, 0.5) is 36.4 Å². The third kappa shape index (κ3) is 5.14. The van der Waals surface area contributed by atoms with Gasteiger partial charge in [-0.25, -0.2) is 14.1 Å². The molecule has 1 amide bonds. The highest BCUT2D eigenvalue weighted by molar-refractivity contribution is 6.08. The number of benzene rings is 2. The highest BCUT2D eigenvalue weighted by atomic mass is 19.4. The van der Waals surface area contributed by atoms with E-state index in [2.05, 4.69) is 10.1 Å². The molecule has 0 bridgehead atoms. The second kappa shape index (κ2) is 9.90. The fraction of sp³-hybridized carbons (Fsp3) is 0.321. The summed E-state index contributed by atoms with van der Waals surface area (Å²) in [6.45, 7) is 6.54. The van der Waals surface area contributed by atoms with Crippen LogP contribution in [0.5, 0.6) is 0 Å². The summed E-state index contributed by atoms with van der Waals surface area (Å²) >= 11 is 0. The van der Waals surface area contributed by atoms with Gasteiger partial charge in [0, 0.05) is 24.5 Å². The Labute approximate surface area is 225 Å². The molecule has 0 aliphatic rings. The lowest BCUT2D eigenvalue weighted by Crippen LogP contribution is -2.42. The van der Waals surface area contributed by atoms with Gasteiger partial charge in [-0.3, -0.25) is 4.79 Å². The molecule has 5 nitrogen and oxygen atoms in total. The number of anilines is 1. The summed E-state index contributed by atoms with van der Waals surface area (Å²) in [4.78, 5) is 19.4. The molecule has 0 saturated heterocycles. The third-order valence-electron chi connectivity index (χ3n) is 6.92. The number of carbonyl (C=O) groups excluding carboxylic acids is 1. The van der Waals surface area contributed by atoms with Crippen molar-refractivity contribution in [2.75, 3.05) is 11.9 Å². The minimum absolute atomic E-state index is 0.0157. The molecule has 12 heteroatoms. The van der Waals surface area contributed by atoms with Crippen LogP contribution in [-0.4, -0.2) is 27.7 Å². The van der Waals surface area contributed by atoms with Crippen LogP contribution in [-0.2, 0) is 29.1 Å². The van der Waals surface area contributed by atoms with E-state index in [1.165, 1.54) is 45.4 Å². The van der Waals surface area contributed by atoms with Crippen molar-refractivity contribution in [3.05, 3.63) is 76.9 Å². The summed E-state index contributed by atoms with van der Waals surface area (Å²) in [5.41, 5.74) is -3.24. The minimum Gasteiger partial charge on any atom is -0.313 e. The largest absolute Gasteiger partial charge is 0.416 e. The first-order valence-electron chi connectivity index (χ1n) is 12.2. The van der Waals surface area contributed by atoms with Crippen molar-refractivity contribution < 1.29 is 35.5 Å². The normalized spacial score (nSPS) is 12.7. The predicted octanol–water partition coefficient (Wildman–Crippen LogP) is 7.54. The first kappa shape index (κ1) is 29.0. The van der Waals surface area contributed by atoms with Crippen molar-refractivity contribution in [2.24, 2.45) is 0 Å². The average Bonchev–Trinajstić information content (AvgIpc) is 3.30. The van der Waals surface area contributed by atoms with Gasteiger partial charge in [-0.1, -0.05) is 6.07 Å². The molecule has 0 fully saturated rings. The second-order valence-corrected chi connectivity index (χ2v) is 9.96. The average molecular weight is 567 g/mol. The van der Waals surface area contributed by atoms with E-state index in [1.807, 2.05) is 6.92 Å². The lowest BCUT2D eigenvalue weighted by Gasteiger charge is -2.32. The van der Waals surface area contributed by atoms with E-state index in [0.717, 1.165) is 4.90 Å². The number of carbonyl (C=O) groups is 1. The van der Waals surface area contributed by atoms with E-state index in [-0.39, 0.29) is 11.8 Å².